The van der Waals surface area contributed by atoms with Crippen molar-refractivity contribution < 1.29 is 19.2 Å². The highest BCUT2D eigenvalue weighted by atomic mass is 32.1. The summed E-state index contributed by atoms with van der Waals surface area (Å²) in [6.45, 7) is 6.37. The van der Waals surface area contributed by atoms with Gasteiger partial charge in [0.2, 0.25) is 12.2 Å². The number of benzene rings is 1. The normalized spacial score (nSPS) is 11.0. The van der Waals surface area contributed by atoms with Crippen LogP contribution in [0.3, 0.4) is 0 Å². The predicted molar refractivity (Wildman–Crippen MR) is 92.9 cm³/mol. The third-order valence-electron chi connectivity index (χ3n) is 3.39. The Morgan fingerprint density at radius 3 is 2.80 bits per heavy atom. The number of thiazole rings is 1. The Labute approximate surface area is 148 Å². The molecule has 0 aliphatic heterocycles. The van der Waals surface area contributed by atoms with E-state index in [2.05, 4.69) is 29.0 Å². The molecule has 0 spiro atoms. The molecule has 0 saturated heterocycles. The number of hydrogen-bond acceptors (Lipinski definition) is 7. The van der Waals surface area contributed by atoms with Gasteiger partial charge in [-0.15, -0.1) is 11.3 Å². The van der Waals surface area contributed by atoms with E-state index in [4.69, 9.17) is 9.26 Å². The van der Waals surface area contributed by atoms with Gasteiger partial charge in [-0.3, -0.25) is 0 Å². The SMILES string of the molecule is Cc1nc(-c2ccc(OCC(C)C)c(-c3ncon3)c2)sc1C(=O)O. The van der Waals surface area contributed by atoms with Crippen molar-refractivity contribution in [3.05, 3.63) is 35.2 Å². The first-order valence-corrected chi connectivity index (χ1v) is 8.52. The molecule has 0 aliphatic rings. The number of carboxylic acids is 1. The molecule has 0 unspecified atom stereocenters. The number of nitrogens with zero attached hydrogens (tertiary/aromatic N) is 3. The number of aromatic nitrogens is 3. The maximum absolute atomic E-state index is 11.2. The van der Waals surface area contributed by atoms with E-state index in [9.17, 15) is 9.90 Å². The molecular weight excluding hydrogens is 342 g/mol. The third-order valence-corrected chi connectivity index (χ3v) is 4.59. The monoisotopic (exact) mass is 359 g/mol. The van der Waals surface area contributed by atoms with E-state index in [0.717, 1.165) is 16.9 Å². The molecule has 0 radical (unpaired) electrons. The number of carbonyl (C=O) groups is 1. The number of carboxylic acid groups (broad SMARTS) is 1. The molecule has 0 saturated carbocycles. The van der Waals surface area contributed by atoms with Gasteiger partial charge < -0.3 is 14.4 Å². The molecule has 0 bridgehead atoms. The first kappa shape index (κ1) is 17.1. The molecule has 2 heterocycles. The second kappa shape index (κ2) is 7.02. The highest BCUT2D eigenvalue weighted by Crippen LogP contribution is 2.35. The highest BCUT2D eigenvalue weighted by Gasteiger charge is 2.18. The molecule has 0 fully saturated rings. The number of aryl methyl sites for hydroxylation is 1. The van der Waals surface area contributed by atoms with E-state index in [-0.39, 0.29) is 4.88 Å². The zero-order chi connectivity index (χ0) is 18.0. The molecule has 2 aromatic heterocycles. The second-order valence-electron chi connectivity index (χ2n) is 5.91. The molecule has 7 nitrogen and oxygen atoms in total. The van der Waals surface area contributed by atoms with Crippen LogP contribution in [0.15, 0.2) is 29.1 Å². The van der Waals surface area contributed by atoms with E-state index < -0.39 is 5.97 Å². The van der Waals surface area contributed by atoms with Gasteiger partial charge in [0, 0.05) is 5.56 Å². The Kier molecular flexibility index (Phi) is 4.80. The lowest BCUT2D eigenvalue weighted by molar-refractivity contribution is 0.0701. The molecule has 0 aliphatic carbocycles. The molecule has 1 N–H and O–H groups in total. The van der Waals surface area contributed by atoms with Crippen molar-refractivity contribution in [3.8, 4) is 27.7 Å². The van der Waals surface area contributed by atoms with Crippen molar-refractivity contribution in [2.24, 2.45) is 5.92 Å². The summed E-state index contributed by atoms with van der Waals surface area (Å²) in [5, 5.41) is 13.7. The highest BCUT2D eigenvalue weighted by molar-refractivity contribution is 7.17. The van der Waals surface area contributed by atoms with Crippen molar-refractivity contribution >= 4 is 17.3 Å². The zero-order valence-corrected chi connectivity index (χ0v) is 14.8. The summed E-state index contributed by atoms with van der Waals surface area (Å²) in [5.41, 5.74) is 1.95. The van der Waals surface area contributed by atoms with Crippen LogP contribution in [0.25, 0.3) is 22.0 Å². The molecule has 3 aromatic rings. The fraction of sp³-hybridized carbons (Fsp3) is 0.294. The summed E-state index contributed by atoms with van der Waals surface area (Å²) in [7, 11) is 0. The fourth-order valence-corrected chi connectivity index (χ4v) is 3.13. The first-order valence-electron chi connectivity index (χ1n) is 7.70. The molecular formula is C17H17N3O4S. The van der Waals surface area contributed by atoms with E-state index >= 15 is 0 Å². The summed E-state index contributed by atoms with van der Waals surface area (Å²) in [6.07, 6.45) is 1.25. The quantitative estimate of drug-likeness (QED) is 0.712. The van der Waals surface area contributed by atoms with Crippen LogP contribution < -0.4 is 4.74 Å². The van der Waals surface area contributed by atoms with Gasteiger partial charge in [0.15, 0.2) is 0 Å². The van der Waals surface area contributed by atoms with Crippen molar-refractivity contribution in [1.29, 1.82) is 0 Å². The Morgan fingerprint density at radius 2 is 2.20 bits per heavy atom. The predicted octanol–water partition coefficient (Wildman–Crippen LogP) is 3.90. The Hall–Kier alpha value is -2.74. The zero-order valence-electron chi connectivity index (χ0n) is 14.0. The van der Waals surface area contributed by atoms with Gasteiger partial charge >= 0.3 is 5.97 Å². The minimum atomic E-state index is -0.975. The van der Waals surface area contributed by atoms with Crippen molar-refractivity contribution in [2.45, 2.75) is 20.8 Å². The molecule has 0 amide bonds. The van der Waals surface area contributed by atoms with Crippen molar-refractivity contribution in [2.75, 3.05) is 6.61 Å². The van der Waals surface area contributed by atoms with E-state index in [1.165, 1.54) is 6.39 Å². The third kappa shape index (κ3) is 3.69. The Bertz CT molecular complexity index is 887. The maximum atomic E-state index is 11.2. The fourth-order valence-electron chi connectivity index (χ4n) is 2.23. The van der Waals surface area contributed by atoms with Gasteiger partial charge in [-0.1, -0.05) is 19.0 Å². The summed E-state index contributed by atoms with van der Waals surface area (Å²) in [4.78, 5) is 19.9. The molecule has 1 aromatic carbocycles. The van der Waals surface area contributed by atoms with Crippen LogP contribution in [0.5, 0.6) is 5.75 Å². The number of hydrogen-bond donors (Lipinski definition) is 1. The van der Waals surface area contributed by atoms with Gasteiger partial charge in [0.25, 0.3) is 0 Å². The summed E-state index contributed by atoms with van der Waals surface area (Å²) < 4.78 is 10.7. The Morgan fingerprint density at radius 1 is 1.40 bits per heavy atom. The molecule has 8 heteroatoms. The van der Waals surface area contributed by atoms with Crippen LogP contribution in [0, 0.1) is 12.8 Å². The van der Waals surface area contributed by atoms with E-state index in [1.807, 2.05) is 18.2 Å². The maximum Gasteiger partial charge on any atom is 0.347 e. The number of aromatic carboxylic acids is 1. The van der Waals surface area contributed by atoms with Gasteiger partial charge in [0.1, 0.15) is 15.6 Å². The summed E-state index contributed by atoms with van der Waals surface area (Å²) >= 11 is 1.14. The molecule has 0 atom stereocenters. The lowest BCUT2D eigenvalue weighted by atomic mass is 10.1. The number of rotatable bonds is 6. The van der Waals surface area contributed by atoms with Crippen LogP contribution in [0.2, 0.25) is 0 Å². The van der Waals surface area contributed by atoms with Gasteiger partial charge in [-0.05, 0) is 31.0 Å². The van der Waals surface area contributed by atoms with Gasteiger partial charge in [0.05, 0.1) is 17.9 Å². The lowest BCUT2D eigenvalue weighted by Gasteiger charge is -2.12. The molecule has 130 valence electrons. The van der Waals surface area contributed by atoms with Gasteiger partial charge in [-0.25, -0.2) is 9.78 Å². The largest absolute Gasteiger partial charge is 0.493 e. The lowest BCUT2D eigenvalue weighted by Crippen LogP contribution is -2.05. The summed E-state index contributed by atoms with van der Waals surface area (Å²) in [5.74, 6) is 0.451. The van der Waals surface area contributed by atoms with E-state index in [1.54, 1.807) is 6.92 Å². The van der Waals surface area contributed by atoms with Gasteiger partial charge in [-0.2, -0.15) is 4.98 Å². The molecule has 3 rings (SSSR count). The minimum Gasteiger partial charge on any atom is -0.493 e. The molecule has 25 heavy (non-hydrogen) atoms. The smallest absolute Gasteiger partial charge is 0.347 e. The average molecular weight is 359 g/mol. The topological polar surface area (TPSA) is 98.3 Å². The van der Waals surface area contributed by atoms with Crippen molar-refractivity contribution in [3.63, 3.8) is 0 Å². The van der Waals surface area contributed by atoms with Crippen molar-refractivity contribution in [1.82, 2.24) is 15.1 Å². The Balaban J connectivity index is 2.03. The van der Waals surface area contributed by atoms with Crippen LogP contribution in [0.4, 0.5) is 0 Å². The van der Waals surface area contributed by atoms with Crippen LogP contribution in [-0.2, 0) is 0 Å². The standard InChI is InChI=1S/C17H17N3O4S/c1-9(2)7-23-13-5-4-11(6-12(13)15-18-8-24-20-15)16-19-10(3)14(25-16)17(21)22/h4-6,8-9H,7H2,1-3H3,(H,21,22). The van der Waals surface area contributed by atoms with Crippen LogP contribution in [0.1, 0.15) is 29.2 Å². The first-order chi connectivity index (χ1) is 12.0. The summed E-state index contributed by atoms with van der Waals surface area (Å²) in [6, 6.07) is 5.51. The minimum absolute atomic E-state index is 0.233. The van der Waals surface area contributed by atoms with Crippen LogP contribution >= 0.6 is 11.3 Å². The average Bonchev–Trinajstić information content (AvgIpc) is 3.22. The number of ether oxygens (including phenoxy) is 1. The second-order valence-corrected chi connectivity index (χ2v) is 6.91. The van der Waals surface area contributed by atoms with Crippen LogP contribution in [-0.4, -0.2) is 32.8 Å². The van der Waals surface area contributed by atoms with E-state index in [0.29, 0.717) is 40.4 Å².